The molecule has 1 aromatic carbocycles. The molecule has 0 spiro atoms. The molecule has 0 heterocycles. The molecular weight excluding hydrogens is 262 g/mol. The van der Waals surface area contributed by atoms with E-state index in [0.717, 1.165) is 11.3 Å². The van der Waals surface area contributed by atoms with Gasteiger partial charge in [-0.1, -0.05) is 31.4 Å². The molecule has 1 unspecified atom stereocenters. The van der Waals surface area contributed by atoms with Gasteiger partial charge in [-0.2, -0.15) is 0 Å². The highest BCUT2D eigenvalue weighted by atomic mass is 16.5. The summed E-state index contributed by atoms with van der Waals surface area (Å²) in [6.07, 6.45) is 7.05. The van der Waals surface area contributed by atoms with Crippen LogP contribution in [0.1, 0.15) is 57.1 Å². The fourth-order valence-electron chi connectivity index (χ4n) is 3.10. The van der Waals surface area contributed by atoms with E-state index in [1.54, 1.807) is 7.11 Å². The summed E-state index contributed by atoms with van der Waals surface area (Å²) < 4.78 is 5.18. The Kier molecular flexibility index (Phi) is 5.66. The van der Waals surface area contributed by atoms with Crippen molar-refractivity contribution >= 4 is 5.91 Å². The average Bonchev–Trinajstić information content (AvgIpc) is 2.54. The predicted molar refractivity (Wildman–Crippen MR) is 85.4 cm³/mol. The van der Waals surface area contributed by atoms with Crippen molar-refractivity contribution in [1.82, 2.24) is 4.90 Å². The molecule has 1 aromatic rings. The number of carbonyl (C=O) groups excluding carboxylic acids is 1. The smallest absolute Gasteiger partial charge is 0.223 e. The van der Waals surface area contributed by atoms with Crippen molar-refractivity contribution in [2.45, 2.75) is 51.5 Å². The van der Waals surface area contributed by atoms with E-state index in [-0.39, 0.29) is 11.9 Å². The number of methoxy groups -OCH3 is 1. The van der Waals surface area contributed by atoms with Crippen molar-refractivity contribution in [2.24, 2.45) is 5.92 Å². The third-order valence-corrected chi connectivity index (χ3v) is 4.76. The molecule has 0 saturated heterocycles. The molecule has 2 rings (SSSR count). The van der Waals surface area contributed by atoms with E-state index in [9.17, 15) is 4.79 Å². The highest BCUT2D eigenvalue weighted by Crippen LogP contribution is 2.28. The minimum absolute atomic E-state index is 0.104. The Balaban J connectivity index is 1.93. The molecule has 1 atom stereocenters. The number of amides is 1. The molecule has 0 aromatic heterocycles. The van der Waals surface area contributed by atoms with Gasteiger partial charge >= 0.3 is 0 Å². The summed E-state index contributed by atoms with van der Waals surface area (Å²) in [4.78, 5) is 14.3. The molecule has 0 bridgehead atoms. The Morgan fingerprint density at radius 3 is 2.43 bits per heavy atom. The van der Waals surface area contributed by atoms with Crippen molar-refractivity contribution in [3.8, 4) is 5.75 Å². The van der Waals surface area contributed by atoms with Crippen LogP contribution in [0.4, 0.5) is 0 Å². The highest BCUT2D eigenvalue weighted by molar-refractivity contribution is 5.76. The zero-order valence-electron chi connectivity index (χ0n) is 13.5. The van der Waals surface area contributed by atoms with Crippen molar-refractivity contribution < 1.29 is 9.53 Å². The van der Waals surface area contributed by atoms with Crippen LogP contribution < -0.4 is 4.74 Å². The van der Waals surface area contributed by atoms with E-state index in [1.165, 1.54) is 32.1 Å². The lowest BCUT2D eigenvalue weighted by Gasteiger charge is -2.28. The first kappa shape index (κ1) is 15.9. The normalized spacial score (nSPS) is 17.3. The molecule has 3 heteroatoms. The van der Waals surface area contributed by atoms with Gasteiger partial charge in [-0.3, -0.25) is 4.79 Å². The Labute approximate surface area is 128 Å². The molecular formula is C18H27NO2. The largest absolute Gasteiger partial charge is 0.497 e. The minimum Gasteiger partial charge on any atom is -0.497 e. The lowest BCUT2D eigenvalue weighted by molar-refractivity contribution is -0.133. The maximum Gasteiger partial charge on any atom is 0.223 e. The quantitative estimate of drug-likeness (QED) is 0.813. The fourth-order valence-corrected chi connectivity index (χ4v) is 3.10. The lowest BCUT2D eigenvalue weighted by Crippen LogP contribution is -2.31. The van der Waals surface area contributed by atoms with Crippen LogP contribution in [0.25, 0.3) is 0 Å². The molecule has 1 fully saturated rings. The van der Waals surface area contributed by atoms with Crippen LogP contribution in [-0.4, -0.2) is 25.0 Å². The third kappa shape index (κ3) is 4.23. The SMILES string of the molecule is COc1ccc(C(C)N(C)C(=O)CC2CCCCC2)cc1. The summed E-state index contributed by atoms with van der Waals surface area (Å²) in [7, 11) is 3.58. The van der Waals surface area contributed by atoms with E-state index in [1.807, 2.05) is 36.2 Å². The van der Waals surface area contributed by atoms with E-state index >= 15 is 0 Å². The maximum atomic E-state index is 12.5. The van der Waals surface area contributed by atoms with Gasteiger partial charge in [-0.15, -0.1) is 0 Å². The highest BCUT2D eigenvalue weighted by Gasteiger charge is 2.22. The standard InChI is InChI=1S/C18H27NO2/c1-14(16-9-11-17(21-3)12-10-16)19(2)18(20)13-15-7-5-4-6-8-15/h9-12,14-15H,4-8,13H2,1-3H3. The van der Waals surface area contributed by atoms with Crippen LogP contribution in [0.3, 0.4) is 0 Å². The topological polar surface area (TPSA) is 29.5 Å². The number of benzene rings is 1. The number of ether oxygens (including phenoxy) is 1. The van der Waals surface area contributed by atoms with Crippen LogP contribution in [0, 0.1) is 5.92 Å². The first-order valence-corrected chi connectivity index (χ1v) is 8.01. The first-order chi connectivity index (χ1) is 10.1. The molecule has 0 N–H and O–H groups in total. The maximum absolute atomic E-state index is 12.5. The second kappa shape index (κ2) is 7.48. The van der Waals surface area contributed by atoms with E-state index in [0.29, 0.717) is 12.3 Å². The summed E-state index contributed by atoms with van der Waals surface area (Å²) in [6.45, 7) is 2.08. The molecule has 0 aliphatic heterocycles. The number of hydrogen-bond donors (Lipinski definition) is 0. The van der Waals surface area contributed by atoms with Crippen LogP contribution in [0.5, 0.6) is 5.75 Å². The molecule has 1 aliphatic rings. The zero-order chi connectivity index (χ0) is 15.2. The molecule has 1 aliphatic carbocycles. The molecule has 21 heavy (non-hydrogen) atoms. The van der Waals surface area contributed by atoms with Crippen LogP contribution in [0.15, 0.2) is 24.3 Å². The van der Waals surface area contributed by atoms with Gasteiger partial charge in [0.2, 0.25) is 5.91 Å². The van der Waals surface area contributed by atoms with E-state index in [2.05, 4.69) is 6.92 Å². The molecule has 3 nitrogen and oxygen atoms in total. The van der Waals surface area contributed by atoms with Crippen LogP contribution in [0.2, 0.25) is 0 Å². The second-order valence-corrected chi connectivity index (χ2v) is 6.16. The first-order valence-electron chi connectivity index (χ1n) is 8.01. The van der Waals surface area contributed by atoms with Crippen LogP contribution in [-0.2, 0) is 4.79 Å². The summed E-state index contributed by atoms with van der Waals surface area (Å²) in [5, 5.41) is 0. The summed E-state index contributed by atoms with van der Waals surface area (Å²) >= 11 is 0. The third-order valence-electron chi connectivity index (χ3n) is 4.76. The molecule has 116 valence electrons. The number of rotatable bonds is 5. The van der Waals surface area contributed by atoms with Gasteiger partial charge in [0, 0.05) is 13.5 Å². The fraction of sp³-hybridized carbons (Fsp3) is 0.611. The van der Waals surface area contributed by atoms with Gasteiger partial charge in [-0.05, 0) is 43.4 Å². The number of hydrogen-bond acceptors (Lipinski definition) is 2. The average molecular weight is 289 g/mol. The predicted octanol–water partition coefficient (Wildman–Crippen LogP) is 4.19. The Bertz CT molecular complexity index is 449. The van der Waals surface area contributed by atoms with Gasteiger partial charge in [0.1, 0.15) is 5.75 Å². The molecule has 1 saturated carbocycles. The van der Waals surface area contributed by atoms with E-state index < -0.39 is 0 Å². The minimum atomic E-state index is 0.104. The van der Waals surface area contributed by atoms with Crippen molar-refractivity contribution in [3.05, 3.63) is 29.8 Å². The Hall–Kier alpha value is -1.51. The van der Waals surface area contributed by atoms with E-state index in [4.69, 9.17) is 4.74 Å². The van der Waals surface area contributed by atoms with Gasteiger partial charge < -0.3 is 9.64 Å². The second-order valence-electron chi connectivity index (χ2n) is 6.16. The Morgan fingerprint density at radius 1 is 1.24 bits per heavy atom. The summed E-state index contributed by atoms with van der Waals surface area (Å²) in [6, 6.07) is 8.07. The molecule has 1 amide bonds. The van der Waals surface area contributed by atoms with Crippen molar-refractivity contribution in [3.63, 3.8) is 0 Å². The summed E-state index contributed by atoms with van der Waals surface area (Å²) in [5.74, 6) is 1.71. The summed E-state index contributed by atoms with van der Waals surface area (Å²) in [5.41, 5.74) is 1.15. The van der Waals surface area contributed by atoms with Gasteiger partial charge in [0.15, 0.2) is 0 Å². The number of carbonyl (C=O) groups is 1. The number of nitrogens with zero attached hydrogens (tertiary/aromatic N) is 1. The lowest BCUT2D eigenvalue weighted by atomic mass is 9.86. The van der Waals surface area contributed by atoms with Gasteiger partial charge in [0.05, 0.1) is 13.2 Å². The van der Waals surface area contributed by atoms with Crippen LogP contribution >= 0.6 is 0 Å². The molecule has 0 radical (unpaired) electrons. The van der Waals surface area contributed by atoms with Crippen molar-refractivity contribution in [2.75, 3.05) is 14.2 Å². The van der Waals surface area contributed by atoms with Gasteiger partial charge in [0.25, 0.3) is 0 Å². The van der Waals surface area contributed by atoms with Crippen molar-refractivity contribution in [1.29, 1.82) is 0 Å². The van der Waals surface area contributed by atoms with Gasteiger partial charge in [-0.25, -0.2) is 0 Å². The monoisotopic (exact) mass is 289 g/mol. The zero-order valence-corrected chi connectivity index (χ0v) is 13.5. The Morgan fingerprint density at radius 2 is 1.86 bits per heavy atom.